The normalized spacial score (nSPS) is 10.8. The van der Waals surface area contributed by atoms with Crippen LogP contribution in [0.15, 0.2) is 52.5 Å². The lowest BCUT2D eigenvalue weighted by Crippen LogP contribution is -2.24. The summed E-state index contributed by atoms with van der Waals surface area (Å²) in [5.41, 5.74) is 1.65. The van der Waals surface area contributed by atoms with Crippen molar-refractivity contribution in [3.63, 3.8) is 0 Å². The molecule has 1 aromatic carbocycles. The summed E-state index contributed by atoms with van der Waals surface area (Å²) in [6, 6.07) is 11.2. The van der Waals surface area contributed by atoms with Gasteiger partial charge in [0.15, 0.2) is 0 Å². The fourth-order valence-electron chi connectivity index (χ4n) is 2.15. The predicted octanol–water partition coefficient (Wildman–Crippen LogP) is 2.67. The highest BCUT2D eigenvalue weighted by Gasteiger charge is 2.13. The minimum absolute atomic E-state index is 0.131. The highest BCUT2D eigenvalue weighted by Crippen LogP contribution is 2.21. The summed E-state index contributed by atoms with van der Waals surface area (Å²) in [5, 5.41) is 8.54. The van der Waals surface area contributed by atoms with Gasteiger partial charge in [-0.05, 0) is 23.6 Å². The van der Waals surface area contributed by atoms with Gasteiger partial charge in [-0.15, -0.1) is 11.3 Å². The van der Waals surface area contributed by atoms with Crippen LogP contribution in [0.4, 0.5) is 0 Å². The average Bonchev–Trinajstić information content (AvgIpc) is 3.30. The van der Waals surface area contributed by atoms with Gasteiger partial charge in [-0.25, -0.2) is 4.98 Å². The van der Waals surface area contributed by atoms with E-state index in [1.807, 2.05) is 41.8 Å². The van der Waals surface area contributed by atoms with E-state index in [1.54, 1.807) is 0 Å². The lowest BCUT2D eigenvalue weighted by Gasteiger charge is -2.02. The number of nitrogens with zero attached hydrogens (tertiary/aromatic N) is 4. The molecule has 0 saturated heterocycles. The molecule has 0 aliphatic carbocycles. The average molecular weight is 337 g/mol. The summed E-state index contributed by atoms with van der Waals surface area (Å²) in [6.07, 6.45) is 1.45. The summed E-state index contributed by atoms with van der Waals surface area (Å²) < 4.78 is 5.14. The second-order valence-corrected chi connectivity index (χ2v) is 5.86. The first kappa shape index (κ1) is 14.5. The number of carbonyl (C=O) groups is 1. The number of amides is 1. The Bertz CT molecular complexity index is 997. The molecule has 24 heavy (non-hydrogen) atoms. The lowest BCUT2D eigenvalue weighted by atomic mass is 10.3. The molecule has 0 bridgehead atoms. The van der Waals surface area contributed by atoms with Crippen molar-refractivity contribution in [2.45, 2.75) is 6.54 Å². The van der Waals surface area contributed by atoms with E-state index in [2.05, 4.69) is 25.4 Å². The van der Waals surface area contributed by atoms with Crippen molar-refractivity contribution in [3.8, 4) is 10.7 Å². The van der Waals surface area contributed by atoms with Gasteiger partial charge in [0.05, 0.1) is 28.7 Å². The molecule has 0 saturated carbocycles. The standard InChI is InChI=1S/C16H11N5O2S/c22-16(12-8-17-10-4-1-2-5-11(10)19-12)18-9-14-20-15(21-23-14)13-6-3-7-24-13/h1-8H,9H2,(H,18,22). The monoisotopic (exact) mass is 337 g/mol. The van der Waals surface area contributed by atoms with E-state index in [9.17, 15) is 4.79 Å². The minimum atomic E-state index is -0.343. The molecule has 0 atom stereocenters. The van der Waals surface area contributed by atoms with Crippen LogP contribution in [-0.4, -0.2) is 26.0 Å². The van der Waals surface area contributed by atoms with E-state index >= 15 is 0 Å². The molecule has 0 aliphatic rings. The molecule has 0 aliphatic heterocycles. The molecular formula is C16H11N5O2S. The molecule has 0 radical (unpaired) electrons. The fourth-order valence-corrected chi connectivity index (χ4v) is 2.79. The van der Waals surface area contributed by atoms with E-state index < -0.39 is 0 Å². The van der Waals surface area contributed by atoms with Gasteiger partial charge in [0, 0.05) is 0 Å². The van der Waals surface area contributed by atoms with Crippen LogP contribution < -0.4 is 5.32 Å². The third-order valence-corrected chi connectivity index (χ3v) is 4.16. The highest BCUT2D eigenvalue weighted by atomic mass is 32.1. The minimum Gasteiger partial charge on any atom is -0.342 e. The van der Waals surface area contributed by atoms with Crippen molar-refractivity contribution in [2.24, 2.45) is 0 Å². The Morgan fingerprint density at radius 3 is 2.83 bits per heavy atom. The number of aromatic nitrogens is 4. The number of thiophene rings is 1. The number of hydrogen-bond acceptors (Lipinski definition) is 7. The third kappa shape index (κ3) is 2.86. The quantitative estimate of drug-likeness (QED) is 0.615. The first-order valence-corrected chi connectivity index (χ1v) is 8.04. The molecule has 118 valence electrons. The van der Waals surface area contributed by atoms with Gasteiger partial charge in [-0.2, -0.15) is 4.98 Å². The van der Waals surface area contributed by atoms with Crippen molar-refractivity contribution < 1.29 is 9.32 Å². The summed E-state index contributed by atoms with van der Waals surface area (Å²) >= 11 is 1.52. The van der Waals surface area contributed by atoms with Crippen LogP contribution >= 0.6 is 11.3 Å². The van der Waals surface area contributed by atoms with Gasteiger partial charge in [0.25, 0.3) is 5.91 Å². The van der Waals surface area contributed by atoms with Gasteiger partial charge in [0.1, 0.15) is 5.69 Å². The van der Waals surface area contributed by atoms with Gasteiger partial charge >= 0.3 is 0 Å². The SMILES string of the molecule is O=C(NCc1nc(-c2cccs2)no1)c1cnc2ccccc2n1. The highest BCUT2D eigenvalue weighted by molar-refractivity contribution is 7.13. The van der Waals surface area contributed by atoms with Gasteiger partial charge in [-0.3, -0.25) is 9.78 Å². The molecule has 0 spiro atoms. The van der Waals surface area contributed by atoms with Crippen molar-refractivity contribution >= 4 is 28.3 Å². The molecule has 8 heteroatoms. The Labute approximate surface area is 140 Å². The van der Waals surface area contributed by atoms with Gasteiger partial charge in [-0.1, -0.05) is 23.4 Å². The summed E-state index contributed by atoms with van der Waals surface area (Å²) in [7, 11) is 0. The van der Waals surface area contributed by atoms with Crippen LogP contribution in [0.3, 0.4) is 0 Å². The Hall–Kier alpha value is -3.13. The number of para-hydroxylation sites is 2. The summed E-state index contributed by atoms with van der Waals surface area (Å²) in [6.45, 7) is 0.131. The van der Waals surface area contributed by atoms with E-state index in [0.717, 1.165) is 10.4 Å². The number of hydrogen-bond donors (Lipinski definition) is 1. The molecule has 0 fully saturated rings. The van der Waals surface area contributed by atoms with Crippen molar-refractivity contribution in [1.29, 1.82) is 0 Å². The van der Waals surface area contributed by atoms with Crippen LogP contribution in [0, 0.1) is 0 Å². The van der Waals surface area contributed by atoms with Crippen molar-refractivity contribution in [1.82, 2.24) is 25.4 Å². The molecule has 1 amide bonds. The molecule has 4 aromatic rings. The predicted molar refractivity (Wildman–Crippen MR) is 88.3 cm³/mol. The van der Waals surface area contributed by atoms with Crippen LogP contribution in [0.2, 0.25) is 0 Å². The van der Waals surface area contributed by atoms with Crippen LogP contribution in [0.1, 0.15) is 16.4 Å². The van der Waals surface area contributed by atoms with E-state index in [0.29, 0.717) is 17.2 Å². The maximum absolute atomic E-state index is 12.2. The Morgan fingerprint density at radius 1 is 1.12 bits per heavy atom. The second kappa shape index (κ2) is 6.17. The van der Waals surface area contributed by atoms with Crippen molar-refractivity contribution in [2.75, 3.05) is 0 Å². The van der Waals surface area contributed by atoms with Crippen LogP contribution in [0.5, 0.6) is 0 Å². The maximum Gasteiger partial charge on any atom is 0.271 e. The summed E-state index contributed by atoms with van der Waals surface area (Å²) in [5.74, 6) is 0.504. The molecule has 7 nitrogen and oxygen atoms in total. The maximum atomic E-state index is 12.2. The summed E-state index contributed by atoms with van der Waals surface area (Å²) in [4.78, 5) is 25.9. The molecule has 0 unspecified atom stereocenters. The zero-order chi connectivity index (χ0) is 16.4. The molecule has 1 N–H and O–H groups in total. The van der Waals surface area contributed by atoms with Gasteiger partial charge < -0.3 is 9.84 Å². The van der Waals surface area contributed by atoms with Crippen molar-refractivity contribution in [3.05, 3.63) is 59.6 Å². The van der Waals surface area contributed by atoms with E-state index in [4.69, 9.17) is 4.52 Å². The first-order chi connectivity index (χ1) is 11.8. The van der Waals surface area contributed by atoms with Crippen LogP contribution in [-0.2, 0) is 6.54 Å². The first-order valence-electron chi connectivity index (χ1n) is 7.16. The molecule has 3 aromatic heterocycles. The Morgan fingerprint density at radius 2 is 2.00 bits per heavy atom. The molecular weight excluding hydrogens is 326 g/mol. The Kier molecular flexibility index (Phi) is 3.72. The Balaban J connectivity index is 1.46. The molecule has 4 rings (SSSR count). The zero-order valence-corrected chi connectivity index (χ0v) is 13.2. The fraction of sp³-hybridized carbons (Fsp3) is 0.0625. The zero-order valence-electron chi connectivity index (χ0n) is 12.3. The van der Waals surface area contributed by atoms with E-state index in [1.165, 1.54) is 17.5 Å². The third-order valence-electron chi connectivity index (χ3n) is 3.29. The lowest BCUT2D eigenvalue weighted by molar-refractivity contribution is 0.0941. The molecule has 3 heterocycles. The second-order valence-electron chi connectivity index (χ2n) is 4.92. The van der Waals surface area contributed by atoms with Crippen LogP contribution in [0.25, 0.3) is 21.7 Å². The number of nitrogens with one attached hydrogen (secondary N) is 1. The largest absolute Gasteiger partial charge is 0.342 e. The number of benzene rings is 1. The van der Waals surface area contributed by atoms with E-state index in [-0.39, 0.29) is 18.1 Å². The topological polar surface area (TPSA) is 93.8 Å². The number of carbonyl (C=O) groups excluding carboxylic acids is 1. The number of rotatable bonds is 4. The number of fused-ring (bicyclic) bond motifs is 1. The smallest absolute Gasteiger partial charge is 0.271 e. The van der Waals surface area contributed by atoms with Gasteiger partial charge in [0.2, 0.25) is 11.7 Å².